The number of fused-ring (bicyclic) bond motifs is 1. The van der Waals surface area contributed by atoms with E-state index in [0.717, 1.165) is 18.7 Å². The van der Waals surface area contributed by atoms with Gasteiger partial charge in [-0.3, -0.25) is 9.69 Å². The van der Waals surface area contributed by atoms with Gasteiger partial charge in [0.05, 0.1) is 24.0 Å². The van der Waals surface area contributed by atoms with Crippen LogP contribution in [0, 0.1) is 5.82 Å². The number of nitrogens with one attached hydrogen (secondary N) is 2. The van der Waals surface area contributed by atoms with E-state index < -0.39 is 17.8 Å². The molecule has 1 fully saturated rings. The predicted octanol–water partition coefficient (Wildman–Crippen LogP) is 4.38. The number of amides is 3. The molecule has 1 aliphatic heterocycles. The number of pyridine rings is 1. The number of hydrogen-bond donors (Lipinski definition) is 3. The molecule has 0 aliphatic carbocycles. The van der Waals surface area contributed by atoms with Gasteiger partial charge < -0.3 is 21.1 Å². The molecule has 0 unspecified atom stereocenters. The summed E-state index contributed by atoms with van der Waals surface area (Å²) in [6.07, 6.45) is 0. The third-order valence-corrected chi connectivity index (χ3v) is 7.04. The van der Waals surface area contributed by atoms with Gasteiger partial charge in [0.2, 0.25) is 0 Å². The zero-order valence-electron chi connectivity index (χ0n) is 21.6. The lowest BCUT2D eigenvalue weighted by molar-refractivity contribution is 0.0997. The molecule has 1 aromatic heterocycles. The number of primary amides is 1. The summed E-state index contributed by atoms with van der Waals surface area (Å²) in [7, 11) is 1.67. The zero-order chi connectivity index (χ0) is 27.4. The summed E-state index contributed by atoms with van der Waals surface area (Å²) in [5, 5.41) is 6.80. The lowest BCUT2D eigenvalue weighted by atomic mass is 9.94. The van der Waals surface area contributed by atoms with Crippen molar-refractivity contribution < 1.29 is 18.7 Å². The molecule has 2 atom stereocenters. The molecule has 39 heavy (non-hydrogen) atoms. The Bertz CT molecular complexity index is 1480. The number of carbonyl (C=O) groups excluding carboxylic acids is 2. The summed E-state index contributed by atoms with van der Waals surface area (Å²) in [5.41, 5.74) is 8.10. The van der Waals surface area contributed by atoms with Crippen LogP contribution >= 0.6 is 0 Å². The number of nitrogens with zero attached hydrogens (tertiary/aromatic N) is 2. The minimum Gasteiger partial charge on any atom is -0.383 e. The molecule has 0 radical (unpaired) electrons. The first-order chi connectivity index (χ1) is 18.9. The Labute approximate surface area is 226 Å². The van der Waals surface area contributed by atoms with Gasteiger partial charge in [-0.15, -0.1) is 0 Å². The lowest BCUT2D eigenvalue weighted by Crippen LogP contribution is -2.42. The first-order valence-electron chi connectivity index (χ1n) is 12.8. The molecule has 1 saturated heterocycles. The number of ether oxygens (including phenoxy) is 1. The molecule has 4 aromatic rings. The number of halogens is 1. The highest BCUT2D eigenvalue weighted by Gasteiger charge is 2.35. The number of anilines is 1. The second-order valence-electron chi connectivity index (χ2n) is 9.58. The lowest BCUT2D eigenvalue weighted by Gasteiger charge is -2.22. The van der Waals surface area contributed by atoms with Crippen LogP contribution in [0.2, 0.25) is 0 Å². The zero-order valence-corrected chi connectivity index (χ0v) is 21.6. The Hall–Kier alpha value is -4.34. The third kappa shape index (κ3) is 5.74. The Morgan fingerprint density at radius 1 is 1.03 bits per heavy atom. The largest absolute Gasteiger partial charge is 0.383 e. The molecule has 5 rings (SSSR count). The molecule has 4 N–H and O–H groups in total. The Kier molecular flexibility index (Phi) is 7.81. The van der Waals surface area contributed by atoms with Crippen molar-refractivity contribution in [1.82, 2.24) is 15.2 Å². The Balaban J connectivity index is 1.50. The first-order valence-corrected chi connectivity index (χ1v) is 12.8. The van der Waals surface area contributed by atoms with Crippen LogP contribution in [-0.4, -0.2) is 61.2 Å². The van der Waals surface area contributed by atoms with Crippen LogP contribution in [0.1, 0.15) is 22.0 Å². The van der Waals surface area contributed by atoms with E-state index in [9.17, 15) is 14.0 Å². The number of likely N-dealkylation sites (tertiary alicyclic amines) is 1. The molecule has 9 heteroatoms. The summed E-state index contributed by atoms with van der Waals surface area (Å²) in [6, 6.07) is 22.7. The second kappa shape index (κ2) is 11.6. The summed E-state index contributed by atoms with van der Waals surface area (Å²) >= 11 is 0. The van der Waals surface area contributed by atoms with Crippen LogP contribution in [0.15, 0.2) is 78.9 Å². The summed E-state index contributed by atoms with van der Waals surface area (Å²) in [6.45, 7) is 2.80. The van der Waals surface area contributed by atoms with Crippen LogP contribution in [-0.2, 0) is 4.74 Å². The van der Waals surface area contributed by atoms with Crippen molar-refractivity contribution in [2.75, 3.05) is 38.7 Å². The smallest absolute Gasteiger partial charge is 0.319 e. The van der Waals surface area contributed by atoms with Crippen LogP contribution in [0.25, 0.3) is 22.0 Å². The van der Waals surface area contributed by atoms with Crippen molar-refractivity contribution in [3.63, 3.8) is 0 Å². The highest BCUT2D eigenvalue weighted by molar-refractivity contribution is 6.13. The third-order valence-electron chi connectivity index (χ3n) is 7.04. The molecule has 8 nitrogen and oxygen atoms in total. The molecule has 3 amide bonds. The van der Waals surface area contributed by atoms with E-state index in [4.69, 9.17) is 10.5 Å². The van der Waals surface area contributed by atoms with Crippen molar-refractivity contribution in [3.05, 3.63) is 95.9 Å². The van der Waals surface area contributed by atoms with Crippen molar-refractivity contribution in [2.45, 2.75) is 12.0 Å². The van der Waals surface area contributed by atoms with Gasteiger partial charge in [0.15, 0.2) is 0 Å². The van der Waals surface area contributed by atoms with Gasteiger partial charge in [0, 0.05) is 49.0 Å². The van der Waals surface area contributed by atoms with Crippen molar-refractivity contribution in [1.29, 1.82) is 0 Å². The summed E-state index contributed by atoms with van der Waals surface area (Å²) in [5.74, 6) is -1.24. The van der Waals surface area contributed by atoms with E-state index in [0.29, 0.717) is 35.5 Å². The number of benzene rings is 3. The topological polar surface area (TPSA) is 110 Å². The van der Waals surface area contributed by atoms with E-state index in [1.807, 2.05) is 48.5 Å². The number of methoxy groups -OCH3 is 1. The van der Waals surface area contributed by atoms with Crippen LogP contribution in [0.4, 0.5) is 14.9 Å². The normalized spacial score (nSPS) is 17.3. The van der Waals surface area contributed by atoms with Crippen molar-refractivity contribution >= 4 is 28.4 Å². The average Bonchev–Trinajstić information content (AvgIpc) is 3.34. The van der Waals surface area contributed by atoms with Crippen LogP contribution < -0.4 is 16.4 Å². The van der Waals surface area contributed by atoms with Crippen molar-refractivity contribution in [2.24, 2.45) is 5.73 Å². The maximum atomic E-state index is 14.2. The molecule has 0 saturated carbocycles. The van der Waals surface area contributed by atoms with E-state index in [-0.39, 0.29) is 23.0 Å². The minimum atomic E-state index is -0.786. The Morgan fingerprint density at radius 2 is 1.74 bits per heavy atom. The molecule has 1 aliphatic rings. The highest BCUT2D eigenvalue weighted by atomic mass is 19.1. The van der Waals surface area contributed by atoms with Gasteiger partial charge >= 0.3 is 6.03 Å². The maximum Gasteiger partial charge on any atom is 0.319 e. The summed E-state index contributed by atoms with van der Waals surface area (Å²) < 4.78 is 19.5. The van der Waals surface area contributed by atoms with Gasteiger partial charge in [0.1, 0.15) is 11.5 Å². The molecule has 200 valence electrons. The summed E-state index contributed by atoms with van der Waals surface area (Å²) in [4.78, 5) is 32.6. The molecule has 0 spiro atoms. The predicted molar refractivity (Wildman–Crippen MR) is 149 cm³/mol. The van der Waals surface area contributed by atoms with Gasteiger partial charge in [-0.2, -0.15) is 0 Å². The molecule has 2 heterocycles. The van der Waals surface area contributed by atoms with E-state index in [1.165, 1.54) is 18.2 Å². The molecular weight excluding hydrogens is 497 g/mol. The second-order valence-corrected chi connectivity index (χ2v) is 9.58. The monoisotopic (exact) mass is 527 g/mol. The first kappa shape index (κ1) is 26.3. The highest BCUT2D eigenvalue weighted by Crippen LogP contribution is 2.35. The molecule has 3 aromatic carbocycles. The van der Waals surface area contributed by atoms with E-state index in [1.54, 1.807) is 7.11 Å². The minimum absolute atomic E-state index is 0.0666. The maximum absolute atomic E-state index is 14.2. The molecule has 0 bridgehead atoms. The van der Waals surface area contributed by atoms with Crippen LogP contribution in [0.3, 0.4) is 0 Å². The van der Waals surface area contributed by atoms with Gasteiger partial charge in [-0.05, 0) is 23.8 Å². The van der Waals surface area contributed by atoms with Gasteiger partial charge in [0.25, 0.3) is 5.91 Å². The quantitative estimate of drug-likeness (QED) is 0.315. The number of urea groups is 1. The van der Waals surface area contributed by atoms with E-state index in [2.05, 4.69) is 32.7 Å². The fourth-order valence-electron chi connectivity index (χ4n) is 5.20. The fraction of sp³-hybridized carbons (Fsp3) is 0.233. The van der Waals surface area contributed by atoms with Gasteiger partial charge in [-0.25, -0.2) is 14.2 Å². The average molecular weight is 528 g/mol. The standard InChI is InChI=1S/C30H30FN5O3/c1-39-15-14-36-17-24(19-8-4-2-5-9-19)25(18-36)33-30(38)35-27-22-13-12-21(31)16-23(22)28(29(32)37)34-26(27)20-10-6-3-7-11-20/h2-13,16,24-25H,14-15,17-18H2,1H3,(H2,32,37)(H2,33,35,38)/t24-,25+/m0/s1. The Morgan fingerprint density at radius 3 is 2.44 bits per heavy atom. The van der Waals surface area contributed by atoms with Crippen molar-refractivity contribution in [3.8, 4) is 11.3 Å². The van der Waals surface area contributed by atoms with Gasteiger partial charge in [-0.1, -0.05) is 60.7 Å². The van der Waals surface area contributed by atoms with Crippen LogP contribution in [0.5, 0.6) is 0 Å². The number of hydrogen-bond acceptors (Lipinski definition) is 5. The molecular formula is C30H30FN5O3. The SMILES string of the molecule is COCCN1C[C@@H](NC(=O)Nc2c(-c3ccccc3)nc(C(N)=O)c3cc(F)ccc23)[C@H](c2ccccc2)C1. The number of nitrogens with two attached hydrogens (primary N) is 1. The fourth-order valence-corrected chi connectivity index (χ4v) is 5.20. The van der Waals surface area contributed by atoms with E-state index >= 15 is 0 Å². The number of carbonyl (C=O) groups is 2. The number of aromatic nitrogens is 1. The number of rotatable bonds is 8.